The smallest absolute Gasteiger partial charge is 0.162 e. The summed E-state index contributed by atoms with van der Waals surface area (Å²) in [6.07, 6.45) is 3.87. The molecule has 1 aliphatic rings. The van der Waals surface area contributed by atoms with E-state index in [1.807, 2.05) is 12.2 Å². The van der Waals surface area contributed by atoms with E-state index in [0.29, 0.717) is 6.61 Å². The summed E-state index contributed by atoms with van der Waals surface area (Å²) >= 11 is 0. The normalized spacial score (nSPS) is 16.3. The van der Waals surface area contributed by atoms with Crippen LogP contribution in [-0.2, 0) is 27.0 Å². The Bertz CT molecular complexity index is 462. The van der Waals surface area contributed by atoms with Gasteiger partial charge < -0.3 is 9.47 Å². The topological polar surface area (TPSA) is 18.5 Å². The van der Waals surface area contributed by atoms with E-state index in [1.165, 1.54) is 16.0 Å². The molecule has 0 aliphatic carbocycles. The van der Waals surface area contributed by atoms with Gasteiger partial charge in [-0.15, -0.1) is 0 Å². The zero-order chi connectivity index (χ0) is 13.7. The quantitative estimate of drug-likeness (QED) is 0.770. The lowest BCUT2D eigenvalue weighted by Crippen LogP contribution is -2.27. The van der Waals surface area contributed by atoms with Gasteiger partial charge in [-0.2, -0.15) is 0 Å². The van der Waals surface area contributed by atoms with E-state index in [1.54, 1.807) is 7.11 Å². The van der Waals surface area contributed by atoms with Crippen molar-refractivity contribution in [2.24, 2.45) is 0 Å². The predicted molar refractivity (Wildman–Crippen MR) is 83.5 cm³/mol. The van der Waals surface area contributed by atoms with Crippen molar-refractivity contribution in [3.63, 3.8) is 0 Å². The number of benzene rings is 1. The molecule has 0 amide bonds. The Balaban J connectivity index is 2.43. The molecule has 1 saturated heterocycles. The van der Waals surface area contributed by atoms with E-state index in [9.17, 15) is 0 Å². The molecule has 19 heavy (non-hydrogen) atoms. The molecule has 3 heteroatoms. The lowest BCUT2D eigenvalue weighted by Gasteiger charge is -2.18. The average molecular weight is 277 g/mol. The zero-order valence-corrected chi connectivity index (χ0v) is 12.3. The Morgan fingerprint density at radius 2 is 1.89 bits per heavy atom. The Labute approximate surface area is 118 Å². The van der Waals surface area contributed by atoms with Gasteiger partial charge in [-0.05, 0) is 17.2 Å². The molecule has 102 valence electrons. The summed E-state index contributed by atoms with van der Waals surface area (Å²) in [4.78, 5) is 1.40. The van der Waals surface area contributed by atoms with E-state index in [0.717, 1.165) is 30.3 Å². The van der Waals surface area contributed by atoms with E-state index >= 15 is 0 Å². The largest absolute Gasteiger partial charge is 0.380 e. The third-order valence-corrected chi connectivity index (χ3v) is 5.60. The fourth-order valence-electron chi connectivity index (χ4n) is 2.39. The highest BCUT2D eigenvalue weighted by Crippen LogP contribution is 2.29. The summed E-state index contributed by atoms with van der Waals surface area (Å²) in [5.41, 5.74) is 3.55. The molecule has 0 aromatic heterocycles. The number of ether oxygens (including phenoxy) is 2. The van der Waals surface area contributed by atoms with Crippen molar-refractivity contribution >= 4 is 23.0 Å². The molecule has 1 aromatic carbocycles. The van der Waals surface area contributed by atoms with Crippen molar-refractivity contribution in [3.8, 4) is 0 Å². The lowest BCUT2D eigenvalue weighted by molar-refractivity contribution is 0.159. The average Bonchev–Trinajstić information content (AvgIpc) is 2.47. The maximum atomic E-state index is 5.45. The van der Waals surface area contributed by atoms with Gasteiger partial charge in [0.25, 0.3) is 0 Å². The van der Waals surface area contributed by atoms with Crippen molar-refractivity contribution < 1.29 is 9.47 Å². The molecule has 0 bridgehead atoms. The molecule has 2 rings (SSSR count). The first-order chi connectivity index (χ1) is 9.31. The van der Waals surface area contributed by atoms with Crippen LogP contribution >= 0.6 is 0 Å². The highest BCUT2D eigenvalue weighted by molar-refractivity contribution is 7.97. The van der Waals surface area contributed by atoms with Crippen molar-refractivity contribution in [1.82, 2.24) is 0 Å². The Kier molecular flexibility index (Phi) is 5.25. The summed E-state index contributed by atoms with van der Waals surface area (Å²) in [5, 5.41) is 0. The molecule has 0 N–H and O–H groups in total. The molecule has 1 heterocycles. The van der Waals surface area contributed by atoms with Gasteiger partial charge >= 0.3 is 0 Å². The van der Waals surface area contributed by atoms with E-state index < -0.39 is 0 Å². The van der Waals surface area contributed by atoms with Crippen molar-refractivity contribution in [2.45, 2.75) is 11.5 Å². The maximum Gasteiger partial charge on any atom is 0.162 e. The second-order valence-electron chi connectivity index (χ2n) is 4.40. The molecule has 2 nitrogen and oxygen atoms in total. The Hall–Kier alpha value is -1.03. The van der Waals surface area contributed by atoms with Gasteiger partial charge in [0.2, 0.25) is 0 Å². The van der Waals surface area contributed by atoms with Crippen LogP contribution in [0.5, 0.6) is 0 Å². The maximum absolute atomic E-state index is 5.45. The first-order valence-electron chi connectivity index (χ1n) is 6.46. The standard InChI is InChI=1S/C16H21O2S/c1-4-14-13(12-17-3)6-7-16(15(14)5-2)19-10-8-18-9-11-19/h4-7H,1-2,8-12H2,3H3/q+1. The number of hydrogen-bond acceptors (Lipinski definition) is 2. The fourth-order valence-corrected chi connectivity index (χ4v) is 4.44. The van der Waals surface area contributed by atoms with Crippen molar-refractivity contribution in [2.75, 3.05) is 31.8 Å². The van der Waals surface area contributed by atoms with Gasteiger partial charge in [-0.1, -0.05) is 31.4 Å². The zero-order valence-electron chi connectivity index (χ0n) is 11.5. The van der Waals surface area contributed by atoms with E-state index in [2.05, 4.69) is 25.3 Å². The second-order valence-corrected chi connectivity index (χ2v) is 6.65. The fraction of sp³-hybridized carbons (Fsp3) is 0.375. The third-order valence-electron chi connectivity index (χ3n) is 3.30. The molecule has 0 spiro atoms. The minimum atomic E-state index is 0.272. The first kappa shape index (κ1) is 14.4. The van der Waals surface area contributed by atoms with Crippen LogP contribution in [0, 0.1) is 0 Å². The predicted octanol–water partition coefficient (Wildman–Crippen LogP) is 3.13. The van der Waals surface area contributed by atoms with Crippen LogP contribution in [0.2, 0.25) is 0 Å². The van der Waals surface area contributed by atoms with Crippen LogP contribution in [0.15, 0.2) is 30.2 Å². The van der Waals surface area contributed by atoms with E-state index in [4.69, 9.17) is 9.47 Å². The molecular weight excluding hydrogens is 256 g/mol. The molecule has 1 aromatic rings. The molecule has 0 atom stereocenters. The summed E-state index contributed by atoms with van der Waals surface area (Å²) < 4.78 is 10.7. The van der Waals surface area contributed by atoms with Crippen molar-refractivity contribution in [3.05, 3.63) is 42.0 Å². The number of hydrogen-bond donors (Lipinski definition) is 0. The van der Waals surface area contributed by atoms with Gasteiger partial charge in [0, 0.05) is 23.6 Å². The first-order valence-corrected chi connectivity index (χ1v) is 8.03. The minimum absolute atomic E-state index is 0.272. The molecule has 1 fully saturated rings. The number of methoxy groups -OCH3 is 1. The highest BCUT2D eigenvalue weighted by atomic mass is 32.2. The highest BCUT2D eigenvalue weighted by Gasteiger charge is 2.28. The molecule has 1 aliphatic heterocycles. The van der Waals surface area contributed by atoms with Crippen LogP contribution in [0.4, 0.5) is 0 Å². The molecule has 0 radical (unpaired) electrons. The van der Waals surface area contributed by atoms with Gasteiger partial charge in [0.15, 0.2) is 4.90 Å². The summed E-state index contributed by atoms with van der Waals surface area (Å²) in [6, 6.07) is 4.39. The van der Waals surface area contributed by atoms with Crippen LogP contribution in [0.25, 0.3) is 12.2 Å². The Morgan fingerprint density at radius 3 is 2.47 bits per heavy atom. The summed E-state index contributed by atoms with van der Waals surface area (Å²) in [5.74, 6) is 2.22. The molecule has 0 saturated carbocycles. The summed E-state index contributed by atoms with van der Waals surface area (Å²) in [6.45, 7) is 10.3. The Morgan fingerprint density at radius 1 is 1.21 bits per heavy atom. The molecule has 0 unspecified atom stereocenters. The SMILES string of the molecule is C=Cc1c(COC)ccc([S+]2CCOCC2)c1C=C. The second kappa shape index (κ2) is 6.94. The van der Waals surface area contributed by atoms with Gasteiger partial charge in [0.1, 0.15) is 11.5 Å². The van der Waals surface area contributed by atoms with Gasteiger partial charge in [-0.25, -0.2) is 0 Å². The lowest BCUT2D eigenvalue weighted by atomic mass is 10.0. The van der Waals surface area contributed by atoms with Gasteiger partial charge in [-0.3, -0.25) is 0 Å². The summed E-state index contributed by atoms with van der Waals surface area (Å²) in [7, 11) is 1.99. The minimum Gasteiger partial charge on any atom is -0.380 e. The molecular formula is C16H21O2S+. The van der Waals surface area contributed by atoms with Gasteiger partial charge in [0.05, 0.1) is 19.8 Å². The third kappa shape index (κ3) is 3.11. The van der Waals surface area contributed by atoms with Crippen LogP contribution in [0.1, 0.15) is 16.7 Å². The van der Waals surface area contributed by atoms with Crippen molar-refractivity contribution in [1.29, 1.82) is 0 Å². The van der Waals surface area contributed by atoms with Crippen LogP contribution in [0.3, 0.4) is 0 Å². The van der Waals surface area contributed by atoms with Crippen LogP contribution in [-0.4, -0.2) is 31.8 Å². The van der Waals surface area contributed by atoms with E-state index in [-0.39, 0.29) is 10.9 Å². The number of rotatable bonds is 5. The monoisotopic (exact) mass is 277 g/mol. The van der Waals surface area contributed by atoms with Crippen LogP contribution < -0.4 is 0 Å².